The van der Waals surface area contributed by atoms with Crippen molar-refractivity contribution >= 4 is 0 Å². The number of rotatable bonds is 16. The van der Waals surface area contributed by atoms with Gasteiger partial charge < -0.3 is 9.47 Å². The first kappa shape index (κ1) is 21.9. The molecule has 24 heavy (non-hydrogen) atoms. The molecule has 0 bridgehead atoms. The van der Waals surface area contributed by atoms with Gasteiger partial charge in [-0.3, -0.25) is 4.90 Å². The summed E-state index contributed by atoms with van der Waals surface area (Å²) in [5.41, 5.74) is 0. The van der Waals surface area contributed by atoms with Crippen LogP contribution in [0.1, 0.15) is 90.9 Å². The number of ether oxygens (including phenoxy) is 2. The summed E-state index contributed by atoms with van der Waals surface area (Å²) in [5.74, 6) is 0. The van der Waals surface area contributed by atoms with Gasteiger partial charge in [-0.1, -0.05) is 78.1 Å². The summed E-state index contributed by atoms with van der Waals surface area (Å²) in [6, 6.07) is 0. The molecular weight excluding hydrogens is 298 g/mol. The summed E-state index contributed by atoms with van der Waals surface area (Å²) in [6.45, 7) is 10.5. The van der Waals surface area contributed by atoms with E-state index in [-0.39, 0.29) is 0 Å². The molecule has 0 spiro atoms. The van der Waals surface area contributed by atoms with E-state index in [1.54, 1.807) is 0 Å². The van der Waals surface area contributed by atoms with Crippen molar-refractivity contribution < 1.29 is 9.47 Å². The van der Waals surface area contributed by atoms with Crippen molar-refractivity contribution in [1.82, 2.24) is 4.90 Å². The molecule has 0 radical (unpaired) electrons. The minimum atomic E-state index is 0.495. The number of unbranched alkanes of at least 4 members (excludes halogenated alkanes) is 8. The Morgan fingerprint density at radius 3 is 1.88 bits per heavy atom. The first-order chi connectivity index (χ1) is 11.9. The molecule has 1 heterocycles. The van der Waals surface area contributed by atoms with Crippen LogP contribution < -0.4 is 0 Å². The summed E-state index contributed by atoms with van der Waals surface area (Å²) in [5, 5.41) is 0. The molecule has 144 valence electrons. The first-order valence-electron chi connectivity index (χ1n) is 10.8. The highest BCUT2D eigenvalue weighted by Gasteiger charge is 2.12. The third-order valence-corrected chi connectivity index (χ3v) is 5.12. The summed E-state index contributed by atoms with van der Waals surface area (Å²) in [6.07, 6.45) is 16.7. The molecule has 0 unspecified atom stereocenters. The van der Waals surface area contributed by atoms with Crippen molar-refractivity contribution in [3.05, 3.63) is 0 Å². The molecule has 0 N–H and O–H groups in total. The van der Waals surface area contributed by atoms with Crippen LogP contribution in [0.4, 0.5) is 0 Å². The van der Waals surface area contributed by atoms with Gasteiger partial charge in [-0.05, 0) is 12.8 Å². The molecule has 1 rings (SSSR count). The molecule has 0 amide bonds. The Bertz CT molecular complexity index is 240. The minimum Gasteiger partial charge on any atom is -0.379 e. The summed E-state index contributed by atoms with van der Waals surface area (Å²) in [7, 11) is 0. The normalized spacial score (nSPS) is 16.1. The highest BCUT2D eigenvalue weighted by Crippen LogP contribution is 2.16. The predicted octanol–water partition coefficient (Wildman–Crippen LogP) is 5.42. The van der Waals surface area contributed by atoms with Crippen molar-refractivity contribution in [2.24, 2.45) is 0 Å². The quantitative estimate of drug-likeness (QED) is 0.350. The Morgan fingerprint density at radius 1 is 0.792 bits per heavy atom. The van der Waals surface area contributed by atoms with Crippen molar-refractivity contribution in [3.63, 3.8) is 0 Å². The Balaban J connectivity index is 2.14. The minimum absolute atomic E-state index is 0.495. The molecule has 1 fully saturated rings. The fraction of sp³-hybridized carbons (Fsp3) is 1.00. The summed E-state index contributed by atoms with van der Waals surface area (Å²) < 4.78 is 11.7. The van der Waals surface area contributed by atoms with E-state index in [2.05, 4.69) is 18.7 Å². The molecule has 1 aliphatic rings. The Labute approximate surface area is 151 Å². The zero-order chi connectivity index (χ0) is 17.3. The molecule has 0 aliphatic carbocycles. The summed E-state index contributed by atoms with van der Waals surface area (Å²) in [4.78, 5) is 2.48. The van der Waals surface area contributed by atoms with Crippen LogP contribution in [0.5, 0.6) is 0 Å². The molecule has 0 aromatic carbocycles. The van der Waals surface area contributed by atoms with Gasteiger partial charge in [0.15, 0.2) is 0 Å². The molecule has 0 aromatic heterocycles. The largest absolute Gasteiger partial charge is 0.379 e. The zero-order valence-corrected chi connectivity index (χ0v) is 16.6. The first-order valence-corrected chi connectivity index (χ1v) is 10.8. The lowest BCUT2D eigenvalue weighted by molar-refractivity contribution is -0.00402. The van der Waals surface area contributed by atoms with Crippen molar-refractivity contribution in [1.29, 1.82) is 0 Å². The lowest BCUT2D eigenvalue weighted by Crippen LogP contribution is -2.38. The number of nitrogens with zero attached hydrogens (tertiary/aromatic N) is 1. The van der Waals surface area contributed by atoms with Crippen LogP contribution in [0.3, 0.4) is 0 Å². The van der Waals surface area contributed by atoms with Gasteiger partial charge in [0.25, 0.3) is 0 Å². The average molecular weight is 342 g/mol. The van der Waals surface area contributed by atoms with E-state index in [1.165, 1.54) is 77.0 Å². The number of morpholine rings is 1. The van der Waals surface area contributed by atoms with E-state index in [9.17, 15) is 0 Å². The lowest BCUT2D eigenvalue weighted by atomic mass is 10.0. The molecule has 3 nitrogen and oxygen atoms in total. The maximum absolute atomic E-state index is 6.28. The second kappa shape index (κ2) is 16.4. The van der Waals surface area contributed by atoms with E-state index in [0.29, 0.717) is 6.10 Å². The second-order valence-corrected chi connectivity index (χ2v) is 7.35. The van der Waals surface area contributed by atoms with Crippen LogP contribution in [-0.4, -0.2) is 50.5 Å². The highest BCUT2D eigenvalue weighted by molar-refractivity contribution is 4.64. The Hall–Kier alpha value is -0.120. The van der Waals surface area contributed by atoms with Gasteiger partial charge in [0.05, 0.1) is 25.9 Å². The molecule has 1 saturated heterocycles. The highest BCUT2D eigenvalue weighted by atomic mass is 16.5. The SMILES string of the molecule is CCCCCCCC(CCCCCCC)OCCN1CCOCC1. The van der Waals surface area contributed by atoms with E-state index >= 15 is 0 Å². The summed E-state index contributed by atoms with van der Waals surface area (Å²) >= 11 is 0. The third-order valence-electron chi connectivity index (χ3n) is 5.12. The van der Waals surface area contributed by atoms with E-state index in [4.69, 9.17) is 9.47 Å². The van der Waals surface area contributed by atoms with Crippen LogP contribution in [0.2, 0.25) is 0 Å². The number of hydrogen-bond acceptors (Lipinski definition) is 3. The lowest BCUT2D eigenvalue weighted by Gasteiger charge is -2.27. The molecule has 0 atom stereocenters. The van der Waals surface area contributed by atoms with E-state index in [1.807, 2.05) is 0 Å². The number of hydrogen-bond donors (Lipinski definition) is 0. The Kier molecular flexibility index (Phi) is 14.9. The molecule has 3 heteroatoms. The van der Waals surface area contributed by atoms with E-state index < -0.39 is 0 Å². The van der Waals surface area contributed by atoms with Crippen LogP contribution in [0.15, 0.2) is 0 Å². The van der Waals surface area contributed by atoms with Gasteiger partial charge in [-0.25, -0.2) is 0 Å². The molecular formula is C21H43NO2. The van der Waals surface area contributed by atoms with Crippen molar-refractivity contribution in [3.8, 4) is 0 Å². The topological polar surface area (TPSA) is 21.7 Å². The molecule has 0 aromatic rings. The fourth-order valence-corrected chi connectivity index (χ4v) is 3.44. The fourth-order valence-electron chi connectivity index (χ4n) is 3.44. The van der Waals surface area contributed by atoms with Crippen LogP contribution >= 0.6 is 0 Å². The molecule has 0 saturated carbocycles. The van der Waals surface area contributed by atoms with Gasteiger partial charge >= 0.3 is 0 Å². The van der Waals surface area contributed by atoms with Gasteiger partial charge in [-0.2, -0.15) is 0 Å². The van der Waals surface area contributed by atoms with E-state index in [0.717, 1.165) is 39.5 Å². The van der Waals surface area contributed by atoms with Crippen molar-refractivity contribution in [2.45, 2.75) is 97.0 Å². The van der Waals surface area contributed by atoms with Crippen LogP contribution in [-0.2, 0) is 9.47 Å². The second-order valence-electron chi connectivity index (χ2n) is 7.35. The van der Waals surface area contributed by atoms with Gasteiger partial charge in [0.1, 0.15) is 0 Å². The van der Waals surface area contributed by atoms with Gasteiger partial charge in [0, 0.05) is 19.6 Å². The molecule has 1 aliphatic heterocycles. The Morgan fingerprint density at radius 2 is 1.33 bits per heavy atom. The smallest absolute Gasteiger partial charge is 0.0597 e. The standard InChI is InChI=1S/C21H43NO2/c1-3-5-7-9-11-13-21(14-12-10-8-6-4-2)24-20-17-22-15-18-23-19-16-22/h21H,3-20H2,1-2H3. The third kappa shape index (κ3) is 12.3. The predicted molar refractivity (Wildman–Crippen MR) is 104 cm³/mol. The van der Waals surface area contributed by atoms with Gasteiger partial charge in [0.2, 0.25) is 0 Å². The zero-order valence-electron chi connectivity index (χ0n) is 16.6. The average Bonchev–Trinajstić information content (AvgIpc) is 2.61. The van der Waals surface area contributed by atoms with Crippen molar-refractivity contribution in [2.75, 3.05) is 39.5 Å². The maximum Gasteiger partial charge on any atom is 0.0597 e. The van der Waals surface area contributed by atoms with Crippen LogP contribution in [0, 0.1) is 0 Å². The van der Waals surface area contributed by atoms with Crippen LogP contribution in [0.25, 0.3) is 0 Å². The maximum atomic E-state index is 6.28. The van der Waals surface area contributed by atoms with Gasteiger partial charge in [-0.15, -0.1) is 0 Å². The monoisotopic (exact) mass is 341 g/mol.